The summed E-state index contributed by atoms with van der Waals surface area (Å²) in [5.41, 5.74) is 0.873. The van der Waals surface area contributed by atoms with E-state index in [9.17, 15) is 9.59 Å². The van der Waals surface area contributed by atoms with Gasteiger partial charge in [0.15, 0.2) is 0 Å². The number of rotatable bonds is 7. The van der Waals surface area contributed by atoms with Crippen LogP contribution in [0.15, 0.2) is 65.7 Å². The quantitative estimate of drug-likeness (QED) is 0.527. The van der Waals surface area contributed by atoms with E-state index < -0.39 is 0 Å². The third-order valence-corrected chi connectivity index (χ3v) is 5.11. The molecule has 0 aliphatic rings. The van der Waals surface area contributed by atoms with Crippen LogP contribution >= 0.6 is 0 Å². The average Bonchev–Trinajstić information content (AvgIpc) is 3.17. The molecule has 29 heavy (non-hydrogen) atoms. The first-order valence-electron chi connectivity index (χ1n) is 9.80. The van der Waals surface area contributed by atoms with Crippen LogP contribution in [-0.2, 0) is 17.9 Å². The zero-order valence-corrected chi connectivity index (χ0v) is 16.3. The molecule has 2 aromatic carbocycles. The molecule has 0 radical (unpaired) electrons. The molecule has 0 aliphatic carbocycles. The predicted molar refractivity (Wildman–Crippen MR) is 113 cm³/mol. The summed E-state index contributed by atoms with van der Waals surface area (Å²) in [7, 11) is 0. The van der Waals surface area contributed by atoms with Gasteiger partial charge >= 0.3 is 0 Å². The zero-order chi connectivity index (χ0) is 20.2. The van der Waals surface area contributed by atoms with Crippen LogP contribution in [0.3, 0.4) is 0 Å². The van der Waals surface area contributed by atoms with Crippen molar-refractivity contribution in [1.29, 1.82) is 0 Å². The van der Waals surface area contributed by atoms with Gasteiger partial charge in [-0.1, -0.05) is 43.3 Å². The number of fused-ring (bicyclic) bond motifs is 2. The Kier molecular flexibility index (Phi) is 5.37. The van der Waals surface area contributed by atoms with Crippen molar-refractivity contribution in [3.05, 3.63) is 71.3 Å². The maximum absolute atomic E-state index is 12.6. The second kappa shape index (κ2) is 8.26. The van der Waals surface area contributed by atoms with Crippen LogP contribution < -0.4 is 10.9 Å². The van der Waals surface area contributed by atoms with E-state index in [1.54, 1.807) is 18.5 Å². The number of amides is 1. The lowest BCUT2D eigenvalue weighted by Crippen LogP contribution is -2.40. The lowest BCUT2D eigenvalue weighted by Gasteiger charge is -2.18. The summed E-state index contributed by atoms with van der Waals surface area (Å²) in [6, 6.07) is 15.1. The Morgan fingerprint density at radius 1 is 1.00 bits per heavy atom. The molecule has 1 atom stereocenters. The number of hydrogen-bond donors (Lipinski definition) is 1. The fraction of sp³-hybridized carbons (Fsp3) is 0.273. The highest BCUT2D eigenvalue weighted by molar-refractivity contribution is 5.80. The highest BCUT2D eigenvalue weighted by atomic mass is 16.2. The Morgan fingerprint density at radius 3 is 2.52 bits per heavy atom. The molecular formula is C22H23N5O2. The summed E-state index contributed by atoms with van der Waals surface area (Å²) in [5, 5.41) is 14.1. The molecule has 4 rings (SSSR count). The summed E-state index contributed by atoms with van der Waals surface area (Å²) in [6.45, 7) is 2.83. The molecule has 2 heterocycles. The smallest absolute Gasteiger partial charge is 0.274 e. The molecule has 7 nitrogen and oxygen atoms in total. The number of aromatic nitrogens is 4. The molecule has 148 valence electrons. The minimum absolute atomic E-state index is 0.0646. The molecule has 0 aliphatic heterocycles. The van der Waals surface area contributed by atoms with Gasteiger partial charge in [0.25, 0.3) is 5.56 Å². The van der Waals surface area contributed by atoms with Gasteiger partial charge in [-0.05, 0) is 18.6 Å². The van der Waals surface area contributed by atoms with Crippen molar-refractivity contribution in [3.63, 3.8) is 0 Å². The Hall–Kier alpha value is -3.48. The third kappa shape index (κ3) is 4.03. The number of hydrogen-bond acceptors (Lipinski definition) is 4. The number of benzene rings is 2. The van der Waals surface area contributed by atoms with Gasteiger partial charge in [0.2, 0.25) is 5.91 Å². The molecule has 7 heteroatoms. The van der Waals surface area contributed by atoms with Crippen molar-refractivity contribution in [1.82, 2.24) is 24.9 Å². The normalized spacial score (nSPS) is 12.3. The van der Waals surface area contributed by atoms with Crippen molar-refractivity contribution in [2.24, 2.45) is 0 Å². The molecule has 2 aromatic heterocycles. The summed E-state index contributed by atoms with van der Waals surface area (Å²) >= 11 is 0. The Bertz CT molecular complexity index is 1210. The van der Waals surface area contributed by atoms with Gasteiger partial charge < -0.3 is 5.32 Å². The van der Waals surface area contributed by atoms with E-state index in [4.69, 9.17) is 0 Å². The van der Waals surface area contributed by atoms with Crippen molar-refractivity contribution < 1.29 is 4.79 Å². The van der Waals surface area contributed by atoms with Crippen LogP contribution in [0.25, 0.3) is 21.7 Å². The van der Waals surface area contributed by atoms with E-state index in [1.807, 2.05) is 54.1 Å². The molecule has 0 unspecified atom stereocenters. The first kappa shape index (κ1) is 18.9. The van der Waals surface area contributed by atoms with E-state index in [2.05, 4.69) is 15.5 Å². The average molecular weight is 389 g/mol. The van der Waals surface area contributed by atoms with Gasteiger partial charge in [0.1, 0.15) is 0 Å². The second-order valence-electron chi connectivity index (χ2n) is 7.07. The Morgan fingerprint density at radius 2 is 1.69 bits per heavy atom. The molecular weight excluding hydrogens is 366 g/mol. The number of nitrogens with zero attached hydrogens (tertiary/aromatic N) is 4. The number of nitrogens with one attached hydrogen (secondary N) is 1. The van der Waals surface area contributed by atoms with Crippen molar-refractivity contribution in [2.45, 2.75) is 38.9 Å². The second-order valence-corrected chi connectivity index (χ2v) is 7.07. The van der Waals surface area contributed by atoms with Crippen LogP contribution in [0.2, 0.25) is 0 Å². The number of aryl methyl sites for hydroxylation is 1. The minimum Gasteiger partial charge on any atom is -0.351 e. The van der Waals surface area contributed by atoms with E-state index in [1.165, 1.54) is 4.68 Å². The van der Waals surface area contributed by atoms with E-state index >= 15 is 0 Å². The SMILES string of the molecule is CC[C@@H](Cn1ncc2ccccc2c1=O)NC(=O)CCn1ncc2ccccc21. The third-order valence-electron chi connectivity index (χ3n) is 5.11. The standard InChI is InChI=1S/C22H23N5O2/c1-2-18(15-27-22(29)19-9-5-3-7-16(19)13-24-27)25-21(28)11-12-26-20-10-6-4-8-17(20)14-23-26/h3-10,13-14,18H,2,11-12,15H2,1H3,(H,25,28)/t18-/m0/s1. The number of carbonyl (C=O) groups excluding carboxylic acids is 1. The monoisotopic (exact) mass is 389 g/mol. The largest absolute Gasteiger partial charge is 0.351 e. The molecule has 1 N–H and O–H groups in total. The highest BCUT2D eigenvalue weighted by Crippen LogP contribution is 2.13. The molecule has 0 saturated carbocycles. The molecule has 0 fully saturated rings. The lowest BCUT2D eigenvalue weighted by molar-refractivity contribution is -0.122. The van der Waals surface area contributed by atoms with Gasteiger partial charge in [0.05, 0.1) is 36.4 Å². The van der Waals surface area contributed by atoms with Crippen molar-refractivity contribution in [2.75, 3.05) is 0 Å². The minimum atomic E-state index is -0.164. The van der Waals surface area contributed by atoms with E-state index in [-0.39, 0.29) is 17.5 Å². The van der Waals surface area contributed by atoms with Crippen LogP contribution in [0, 0.1) is 0 Å². The fourth-order valence-electron chi connectivity index (χ4n) is 3.45. The number of para-hydroxylation sites is 1. The Balaban J connectivity index is 1.40. The molecule has 0 bridgehead atoms. The van der Waals surface area contributed by atoms with Crippen molar-refractivity contribution in [3.8, 4) is 0 Å². The maximum Gasteiger partial charge on any atom is 0.274 e. The van der Waals surface area contributed by atoms with Gasteiger partial charge in [0, 0.05) is 23.2 Å². The maximum atomic E-state index is 12.6. The molecule has 4 aromatic rings. The fourth-order valence-corrected chi connectivity index (χ4v) is 3.45. The van der Waals surface area contributed by atoms with Crippen LogP contribution in [0.4, 0.5) is 0 Å². The van der Waals surface area contributed by atoms with Crippen LogP contribution in [0.1, 0.15) is 19.8 Å². The van der Waals surface area contributed by atoms with Crippen LogP contribution in [-0.4, -0.2) is 31.5 Å². The van der Waals surface area contributed by atoms with Gasteiger partial charge in [-0.25, -0.2) is 4.68 Å². The van der Waals surface area contributed by atoms with Gasteiger partial charge in [-0.2, -0.15) is 10.2 Å². The molecule has 1 amide bonds. The van der Waals surface area contributed by atoms with Crippen molar-refractivity contribution >= 4 is 27.6 Å². The van der Waals surface area contributed by atoms with Crippen LogP contribution in [0.5, 0.6) is 0 Å². The topological polar surface area (TPSA) is 81.8 Å². The first-order chi connectivity index (χ1) is 14.2. The summed E-state index contributed by atoms with van der Waals surface area (Å²) < 4.78 is 3.27. The summed E-state index contributed by atoms with van der Waals surface area (Å²) in [6.07, 6.45) is 4.52. The van der Waals surface area contributed by atoms with Gasteiger partial charge in [-0.3, -0.25) is 14.3 Å². The summed E-state index contributed by atoms with van der Waals surface area (Å²) in [5.74, 6) is -0.0646. The van der Waals surface area contributed by atoms with E-state index in [0.717, 1.165) is 16.3 Å². The lowest BCUT2D eigenvalue weighted by atomic mass is 10.2. The van der Waals surface area contributed by atoms with E-state index in [0.29, 0.717) is 31.3 Å². The molecule has 0 spiro atoms. The number of carbonyl (C=O) groups is 1. The Labute approximate surface area is 168 Å². The highest BCUT2D eigenvalue weighted by Gasteiger charge is 2.14. The summed E-state index contributed by atoms with van der Waals surface area (Å²) in [4.78, 5) is 25.1. The first-order valence-corrected chi connectivity index (χ1v) is 9.80. The molecule has 0 saturated heterocycles. The zero-order valence-electron chi connectivity index (χ0n) is 16.3. The predicted octanol–water partition coefficient (Wildman–Crippen LogP) is 2.73. The van der Waals surface area contributed by atoms with Gasteiger partial charge in [-0.15, -0.1) is 0 Å².